The van der Waals surface area contributed by atoms with E-state index in [-0.39, 0.29) is 23.1 Å². The highest BCUT2D eigenvalue weighted by Crippen LogP contribution is 2.50. The highest BCUT2D eigenvalue weighted by atomic mass is 19.1. The molecule has 0 saturated carbocycles. The largest absolute Gasteiger partial charge is 0.442 e. The number of fused-ring (bicyclic) bond motifs is 1. The molecule has 7 nitrogen and oxygen atoms in total. The van der Waals surface area contributed by atoms with E-state index in [1.807, 2.05) is 13.0 Å². The summed E-state index contributed by atoms with van der Waals surface area (Å²) < 4.78 is 34.4. The van der Waals surface area contributed by atoms with Crippen molar-refractivity contribution in [2.45, 2.75) is 57.5 Å². The quantitative estimate of drug-likeness (QED) is 0.417. The van der Waals surface area contributed by atoms with Gasteiger partial charge in [-0.3, -0.25) is 0 Å². The fourth-order valence-electron chi connectivity index (χ4n) is 4.73. The van der Waals surface area contributed by atoms with Gasteiger partial charge in [-0.05, 0) is 69.4 Å². The Labute approximate surface area is 201 Å². The van der Waals surface area contributed by atoms with Crippen molar-refractivity contribution in [1.29, 1.82) is 0 Å². The molecule has 0 bridgehead atoms. The van der Waals surface area contributed by atoms with Crippen molar-refractivity contribution < 1.29 is 18.3 Å². The SMILES string of the molecule is CC[C@@H]1CC(C)(c2ccnc(-c3nc(C(C)(C)O)co3)n2)c2nnc(-c3c(F)cccc3F)cc21. The number of aliphatic hydroxyl groups is 1. The van der Waals surface area contributed by atoms with E-state index >= 15 is 0 Å². The van der Waals surface area contributed by atoms with Crippen LogP contribution in [0, 0.1) is 11.6 Å². The molecule has 3 heterocycles. The van der Waals surface area contributed by atoms with E-state index in [4.69, 9.17) is 9.40 Å². The second-order valence-corrected chi connectivity index (χ2v) is 9.63. The van der Waals surface area contributed by atoms with Gasteiger partial charge < -0.3 is 9.52 Å². The molecule has 1 aliphatic carbocycles. The normalized spacial score (nSPS) is 19.7. The molecule has 5 rings (SSSR count). The maximum atomic E-state index is 14.4. The van der Waals surface area contributed by atoms with Crippen molar-refractivity contribution in [2.24, 2.45) is 0 Å². The van der Waals surface area contributed by atoms with E-state index in [1.54, 1.807) is 26.1 Å². The molecule has 4 aromatic rings. The van der Waals surface area contributed by atoms with Crippen LogP contribution in [-0.4, -0.2) is 30.3 Å². The Hall–Kier alpha value is -3.59. The summed E-state index contributed by atoms with van der Waals surface area (Å²) in [5.41, 5.74) is 0.952. The predicted octanol–water partition coefficient (Wildman–Crippen LogP) is 5.30. The van der Waals surface area contributed by atoms with Gasteiger partial charge in [0, 0.05) is 6.20 Å². The second kappa shape index (κ2) is 8.27. The van der Waals surface area contributed by atoms with E-state index in [1.165, 1.54) is 24.5 Å². The van der Waals surface area contributed by atoms with E-state index in [2.05, 4.69) is 27.1 Å². The zero-order valence-electron chi connectivity index (χ0n) is 19.9. The Kier molecular flexibility index (Phi) is 5.47. The molecule has 1 aromatic carbocycles. The fourth-order valence-corrected chi connectivity index (χ4v) is 4.73. The number of halogens is 2. The lowest BCUT2D eigenvalue weighted by Crippen LogP contribution is -2.24. The highest BCUT2D eigenvalue weighted by molar-refractivity contribution is 5.62. The smallest absolute Gasteiger partial charge is 0.265 e. The maximum absolute atomic E-state index is 14.4. The van der Waals surface area contributed by atoms with Gasteiger partial charge >= 0.3 is 0 Å². The minimum atomic E-state index is -1.16. The summed E-state index contributed by atoms with van der Waals surface area (Å²) in [6.07, 6.45) is 4.54. The number of benzene rings is 1. The molecule has 180 valence electrons. The number of oxazole rings is 1. The Morgan fingerprint density at radius 2 is 1.89 bits per heavy atom. The van der Waals surface area contributed by atoms with Crippen molar-refractivity contribution in [3.05, 3.63) is 77.1 Å². The van der Waals surface area contributed by atoms with Gasteiger partial charge in [0.15, 0.2) is 0 Å². The first-order valence-electron chi connectivity index (χ1n) is 11.5. The third-order valence-electron chi connectivity index (χ3n) is 6.70. The molecule has 35 heavy (non-hydrogen) atoms. The molecule has 0 radical (unpaired) electrons. The fraction of sp³-hybridized carbons (Fsp3) is 0.346. The van der Waals surface area contributed by atoms with Gasteiger partial charge in [-0.1, -0.05) is 13.0 Å². The predicted molar refractivity (Wildman–Crippen MR) is 124 cm³/mol. The number of hydrogen-bond donors (Lipinski definition) is 1. The van der Waals surface area contributed by atoms with Crippen molar-refractivity contribution in [3.63, 3.8) is 0 Å². The third-order valence-corrected chi connectivity index (χ3v) is 6.70. The van der Waals surface area contributed by atoms with Gasteiger partial charge in [-0.25, -0.2) is 23.7 Å². The maximum Gasteiger partial charge on any atom is 0.265 e. The lowest BCUT2D eigenvalue weighted by Gasteiger charge is -2.24. The van der Waals surface area contributed by atoms with Crippen LogP contribution in [0.5, 0.6) is 0 Å². The van der Waals surface area contributed by atoms with Crippen LogP contribution in [0.2, 0.25) is 0 Å². The molecule has 1 aliphatic rings. The molecular formula is C26H25F2N5O2. The number of nitrogens with zero attached hydrogens (tertiary/aromatic N) is 5. The van der Waals surface area contributed by atoms with Gasteiger partial charge in [0.05, 0.1) is 28.1 Å². The van der Waals surface area contributed by atoms with Crippen LogP contribution in [0.15, 0.2) is 47.2 Å². The van der Waals surface area contributed by atoms with Gasteiger partial charge in [0.25, 0.3) is 5.89 Å². The van der Waals surface area contributed by atoms with Crippen LogP contribution in [0.25, 0.3) is 23.0 Å². The summed E-state index contributed by atoms with van der Waals surface area (Å²) in [4.78, 5) is 13.4. The first-order chi connectivity index (χ1) is 16.6. The molecule has 0 fully saturated rings. The molecule has 0 amide bonds. The van der Waals surface area contributed by atoms with Crippen molar-refractivity contribution in [2.75, 3.05) is 0 Å². The highest BCUT2D eigenvalue weighted by Gasteiger charge is 2.44. The van der Waals surface area contributed by atoms with Crippen LogP contribution in [-0.2, 0) is 11.0 Å². The van der Waals surface area contributed by atoms with Gasteiger partial charge in [0.1, 0.15) is 29.2 Å². The minimum Gasteiger partial charge on any atom is -0.442 e. The van der Waals surface area contributed by atoms with E-state index < -0.39 is 22.7 Å². The molecule has 0 aliphatic heterocycles. The number of rotatable bonds is 5. The van der Waals surface area contributed by atoms with Crippen LogP contribution >= 0.6 is 0 Å². The Morgan fingerprint density at radius 3 is 2.54 bits per heavy atom. The minimum absolute atomic E-state index is 0.112. The Morgan fingerprint density at radius 1 is 1.14 bits per heavy atom. The summed E-state index contributed by atoms with van der Waals surface area (Å²) in [6, 6.07) is 7.31. The average molecular weight is 478 g/mol. The van der Waals surface area contributed by atoms with Crippen molar-refractivity contribution in [3.8, 4) is 23.0 Å². The van der Waals surface area contributed by atoms with Gasteiger partial charge in [0.2, 0.25) is 5.82 Å². The van der Waals surface area contributed by atoms with Gasteiger partial charge in [-0.15, -0.1) is 5.10 Å². The standard InChI is InChI=1S/C26H25F2N5O2/c1-5-14-12-26(4,19-9-10-29-23(30-19)24-31-20(13-35-24)25(2,3)34)22-15(14)11-18(32-33-22)21-16(27)7-6-8-17(21)28/h6-11,13-14,34H,5,12H2,1-4H3/t14-,26?/m1/s1. The lowest BCUT2D eigenvalue weighted by atomic mass is 9.82. The lowest BCUT2D eigenvalue weighted by molar-refractivity contribution is 0.0738. The Bertz CT molecular complexity index is 1390. The van der Waals surface area contributed by atoms with Crippen LogP contribution in [0.4, 0.5) is 8.78 Å². The molecule has 1 N–H and O–H groups in total. The zero-order chi connectivity index (χ0) is 25.0. The van der Waals surface area contributed by atoms with Crippen molar-refractivity contribution in [1.82, 2.24) is 25.1 Å². The molecule has 2 atom stereocenters. The van der Waals surface area contributed by atoms with Crippen LogP contribution in [0.3, 0.4) is 0 Å². The summed E-state index contributed by atoms with van der Waals surface area (Å²) >= 11 is 0. The summed E-state index contributed by atoms with van der Waals surface area (Å²) in [6.45, 7) is 7.34. The third kappa shape index (κ3) is 3.89. The van der Waals surface area contributed by atoms with E-state index in [0.29, 0.717) is 23.6 Å². The number of hydrogen-bond acceptors (Lipinski definition) is 7. The summed E-state index contributed by atoms with van der Waals surface area (Å²) in [5, 5.41) is 18.9. The molecule has 0 saturated heterocycles. The zero-order valence-corrected chi connectivity index (χ0v) is 19.9. The van der Waals surface area contributed by atoms with Crippen LogP contribution in [0.1, 0.15) is 69.1 Å². The molecule has 1 unspecified atom stereocenters. The first-order valence-corrected chi connectivity index (χ1v) is 11.5. The van der Waals surface area contributed by atoms with Crippen molar-refractivity contribution >= 4 is 0 Å². The second-order valence-electron chi connectivity index (χ2n) is 9.63. The van der Waals surface area contributed by atoms with Crippen LogP contribution < -0.4 is 0 Å². The monoisotopic (exact) mass is 477 g/mol. The summed E-state index contributed by atoms with van der Waals surface area (Å²) in [5.74, 6) is -0.746. The molecule has 9 heteroatoms. The molecule has 3 aromatic heterocycles. The topological polar surface area (TPSA) is 97.8 Å². The first kappa shape index (κ1) is 23.2. The van der Waals surface area contributed by atoms with E-state index in [0.717, 1.165) is 17.7 Å². The molecular weight excluding hydrogens is 452 g/mol. The average Bonchev–Trinajstić information content (AvgIpc) is 3.43. The van der Waals surface area contributed by atoms with Gasteiger partial charge in [-0.2, -0.15) is 5.10 Å². The summed E-state index contributed by atoms with van der Waals surface area (Å²) in [7, 11) is 0. The van der Waals surface area contributed by atoms with E-state index in [9.17, 15) is 13.9 Å². The number of aromatic nitrogens is 5. The molecule has 0 spiro atoms. The Balaban J connectivity index is 1.58.